The lowest BCUT2D eigenvalue weighted by Gasteiger charge is -2.04. The minimum Gasteiger partial charge on any atom is -0.204 e. The van der Waals surface area contributed by atoms with E-state index in [1.165, 1.54) is 24.0 Å². The van der Waals surface area contributed by atoms with E-state index in [0.717, 1.165) is 36.5 Å². The van der Waals surface area contributed by atoms with Crippen LogP contribution in [0.5, 0.6) is 0 Å². The average molecular weight is 353 g/mol. The molecule has 2 aromatic rings. The van der Waals surface area contributed by atoms with Crippen molar-refractivity contribution >= 4 is 23.1 Å². The van der Waals surface area contributed by atoms with Crippen molar-refractivity contribution < 1.29 is 8.78 Å². The fraction of sp³-hybridized carbons (Fsp3) is 0.286. The number of aliphatic imine (C=N–C) groups is 1. The molecular weight excluding hydrogens is 336 g/mol. The second-order valence-electron chi connectivity index (χ2n) is 6.29. The standard InChI is InChI=1S/C21H17F2NS/c1-2-3-15-9-17-7-6-14(8-18(17)10-15)4-5-16-11-19(22)21(24-13-25)20(23)12-16/h6-8,11-12,15H,2-3,9-10H2,1H3. The van der Waals surface area contributed by atoms with Crippen molar-refractivity contribution in [2.45, 2.75) is 32.6 Å². The molecule has 0 spiro atoms. The van der Waals surface area contributed by atoms with E-state index in [0.29, 0.717) is 0 Å². The number of hydrogen-bond acceptors (Lipinski definition) is 2. The van der Waals surface area contributed by atoms with Crippen LogP contribution in [0.3, 0.4) is 0 Å². The molecule has 0 heterocycles. The Morgan fingerprint density at radius 2 is 1.72 bits per heavy atom. The maximum Gasteiger partial charge on any atom is 0.153 e. The van der Waals surface area contributed by atoms with Gasteiger partial charge in [0.25, 0.3) is 0 Å². The van der Waals surface area contributed by atoms with Gasteiger partial charge in [-0.2, -0.15) is 4.99 Å². The molecule has 0 aliphatic heterocycles. The second kappa shape index (κ2) is 7.70. The first-order valence-electron chi connectivity index (χ1n) is 8.31. The zero-order valence-electron chi connectivity index (χ0n) is 13.9. The molecule has 1 unspecified atom stereocenters. The van der Waals surface area contributed by atoms with Gasteiger partial charge < -0.3 is 0 Å². The predicted molar refractivity (Wildman–Crippen MR) is 99.3 cm³/mol. The van der Waals surface area contributed by atoms with Crippen LogP contribution < -0.4 is 0 Å². The van der Waals surface area contributed by atoms with E-state index >= 15 is 0 Å². The summed E-state index contributed by atoms with van der Waals surface area (Å²) >= 11 is 4.39. The first-order chi connectivity index (χ1) is 12.1. The third kappa shape index (κ3) is 4.02. The van der Waals surface area contributed by atoms with Crippen molar-refractivity contribution in [3.63, 3.8) is 0 Å². The molecule has 126 valence electrons. The van der Waals surface area contributed by atoms with E-state index < -0.39 is 17.3 Å². The van der Waals surface area contributed by atoms with Gasteiger partial charge in [0, 0.05) is 11.1 Å². The Hall–Kier alpha value is -2.34. The topological polar surface area (TPSA) is 12.4 Å². The van der Waals surface area contributed by atoms with Crippen LogP contribution in [0.2, 0.25) is 0 Å². The van der Waals surface area contributed by atoms with Gasteiger partial charge in [-0.05, 0) is 66.4 Å². The molecule has 0 saturated heterocycles. The van der Waals surface area contributed by atoms with Gasteiger partial charge in [-0.3, -0.25) is 0 Å². The van der Waals surface area contributed by atoms with Gasteiger partial charge in [0.2, 0.25) is 0 Å². The summed E-state index contributed by atoms with van der Waals surface area (Å²) in [5.74, 6) is 4.95. The number of fused-ring (bicyclic) bond motifs is 1. The minimum absolute atomic E-state index is 0.266. The van der Waals surface area contributed by atoms with E-state index in [4.69, 9.17) is 0 Å². The Bertz CT molecular complexity index is 894. The molecule has 0 radical (unpaired) electrons. The fourth-order valence-electron chi connectivity index (χ4n) is 3.33. The van der Waals surface area contributed by atoms with Crippen LogP contribution in [-0.4, -0.2) is 5.16 Å². The molecule has 25 heavy (non-hydrogen) atoms. The SMILES string of the molecule is CCCC1Cc2ccc(C#Cc3cc(F)c(N=C=S)c(F)c3)cc2C1. The summed E-state index contributed by atoms with van der Waals surface area (Å²) in [6, 6.07) is 8.50. The highest BCUT2D eigenvalue weighted by Gasteiger charge is 2.20. The van der Waals surface area contributed by atoms with Crippen molar-refractivity contribution in [2.75, 3.05) is 0 Å². The van der Waals surface area contributed by atoms with Gasteiger partial charge in [-0.25, -0.2) is 8.78 Å². The first-order valence-corrected chi connectivity index (χ1v) is 8.72. The van der Waals surface area contributed by atoms with Crippen LogP contribution in [0.1, 0.15) is 42.0 Å². The first kappa shape index (κ1) is 17.5. The molecule has 0 aromatic heterocycles. The van der Waals surface area contributed by atoms with Crippen molar-refractivity contribution in [3.05, 3.63) is 64.2 Å². The zero-order chi connectivity index (χ0) is 17.8. The maximum absolute atomic E-state index is 13.8. The quantitative estimate of drug-likeness (QED) is 0.397. The van der Waals surface area contributed by atoms with Crippen LogP contribution in [0.15, 0.2) is 35.3 Å². The second-order valence-corrected chi connectivity index (χ2v) is 6.47. The summed E-state index contributed by atoms with van der Waals surface area (Å²) in [5.41, 5.74) is 3.43. The van der Waals surface area contributed by atoms with Gasteiger partial charge in [0.05, 0.1) is 5.16 Å². The fourth-order valence-corrected chi connectivity index (χ4v) is 3.43. The summed E-state index contributed by atoms with van der Waals surface area (Å²) in [6.45, 7) is 2.21. The van der Waals surface area contributed by atoms with Crippen molar-refractivity contribution in [1.82, 2.24) is 0 Å². The molecule has 0 amide bonds. The lowest BCUT2D eigenvalue weighted by molar-refractivity contribution is 0.507. The molecule has 4 heteroatoms. The Morgan fingerprint density at radius 3 is 2.40 bits per heavy atom. The van der Waals surface area contributed by atoms with Gasteiger partial charge in [-0.1, -0.05) is 37.7 Å². The lowest BCUT2D eigenvalue weighted by atomic mass is 10.0. The normalized spacial score (nSPS) is 15.1. The van der Waals surface area contributed by atoms with Gasteiger partial charge in [0.15, 0.2) is 11.6 Å². The summed E-state index contributed by atoms with van der Waals surface area (Å²) in [5, 5.41) is 1.97. The summed E-state index contributed by atoms with van der Waals surface area (Å²) in [7, 11) is 0. The van der Waals surface area contributed by atoms with Gasteiger partial charge in [0.1, 0.15) is 5.69 Å². The number of rotatable bonds is 3. The molecule has 0 N–H and O–H groups in total. The number of thiocarbonyl (C=S) groups is 1. The van der Waals surface area contributed by atoms with Crippen molar-refractivity contribution in [3.8, 4) is 11.8 Å². The lowest BCUT2D eigenvalue weighted by Crippen LogP contribution is -1.97. The third-order valence-corrected chi connectivity index (χ3v) is 4.54. The molecule has 0 bridgehead atoms. The molecule has 1 atom stereocenters. The van der Waals surface area contributed by atoms with E-state index in [2.05, 4.69) is 48.1 Å². The van der Waals surface area contributed by atoms with Gasteiger partial charge in [-0.15, -0.1) is 0 Å². The zero-order valence-corrected chi connectivity index (χ0v) is 14.7. The molecule has 0 fully saturated rings. The van der Waals surface area contributed by atoms with Crippen molar-refractivity contribution in [2.24, 2.45) is 10.9 Å². The Labute approximate surface area is 151 Å². The molecular formula is C21H17F2NS. The number of halogens is 2. The summed E-state index contributed by atoms with van der Waals surface area (Å²) in [4.78, 5) is 3.39. The monoisotopic (exact) mass is 353 g/mol. The number of benzene rings is 2. The van der Waals surface area contributed by atoms with Crippen LogP contribution in [0.4, 0.5) is 14.5 Å². The highest BCUT2D eigenvalue weighted by molar-refractivity contribution is 7.78. The van der Waals surface area contributed by atoms with Gasteiger partial charge >= 0.3 is 0 Å². The molecule has 2 aromatic carbocycles. The average Bonchev–Trinajstić information content (AvgIpc) is 2.98. The smallest absolute Gasteiger partial charge is 0.153 e. The van der Waals surface area contributed by atoms with E-state index in [-0.39, 0.29) is 5.56 Å². The van der Waals surface area contributed by atoms with Crippen LogP contribution in [0.25, 0.3) is 0 Å². The number of hydrogen-bond donors (Lipinski definition) is 0. The molecule has 3 rings (SSSR count). The molecule has 1 nitrogen and oxygen atoms in total. The van der Waals surface area contributed by atoms with Crippen LogP contribution in [0, 0.1) is 29.4 Å². The highest BCUT2D eigenvalue weighted by Crippen LogP contribution is 2.30. The number of nitrogens with zero attached hydrogens (tertiary/aromatic N) is 1. The number of isothiocyanates is 1. The highest BCUT2D eigenvalue weighted by atomic mass is 32.1. The van der Waals surface area contributed by atoms with Crippen LogP contribution >= 0.6 is 12.2 Å². The summed E-state index contributed by atoms with van der Waals surface area (Å²) in [6.07, 6.45) is 4.66. The largest absolute Gasteiger partial charge is 0.204 e. The third-order valence-electron chi connectivity index (χ3n) is 4.45. The Morgan fingerprint density at radius 1 is 1.04 bits per heavy atom. The predicted octanol–water partition coefficient (Wildman–Crippen LogP) is 5.61. The molecule has 1 aliphatic carbocycles. The van der Waals surface area contributed by atoms with E-state index in [1.54, 1.807) is 0 Å². The minimum atomic E-state index is -0.794. The van der Waals surface area contributed by atoms with E-state index in [1.807, 2.05) is 11.2 Å². The van der Waals surface area contributed by atoms with Crippen LogP contribution in [-0.2, 0) is 12.8 Å². The Kier molecular flexibility index (Phi) is 5.38. The van der Waals surface area contributed by atoms with Crippen molar-refractivity contribution in [1.29, 1.82) is 0 Å². The summed E-state index contributed by atoms with van der Waals surface area (Å²) < 4.78 is 27.7. The molecule has 0 saturated carbocycles. The molecule has 1 aliphatic rings. The maximum atomic E-state index is 13.8. The van der Waals surface area contributed by atoms with E-state index in [9.17, 15) is 8.78 Å². The Balaban J connectivity index is 1.84.